The van der Waals surface area contributed by atoms with Crippen LogP contribution in [0.3, 0.4) is 0 Å². The lowest BCUT2D eigenvalue weighted by atomic mass is 10.0. The van der Waals surface area contributed by atoms with Crippen LogP contribution in [0.25, 0.3) is 11.6 Å². The summed E-state index contributed by atoms with van der Waals surface area (Å²) in [5.74, 6) is 0.959. The van der Waals surface area contributed by atoms with Crippen molar-refractivity contribution >= 4 is 23.3 Å². The van der Waals surface area contributed by atoms with Crippen molar-refractivity contribution in [3.63, 3.8) is 0 Å². The first kappa shape index (κ1) is 19.5. The van der Waals surface area contributed by atoms with Gasteiger partial charge in [0.05, 0.1) is 23.8 Å². The third kappa shape index (κ3) is 4.91. The molecule has 0 aliphatic carbocycles. The van der Waals surface area contributed by atoms with E-state index in [0.29, 0.717) is 16.3 Å². The molecule has 0 N–H and O–H groups in total. The van der Waals surface area contributed by atoms with Crippen LogP contribution in [0.1, 0.15) is 16.7 Å². The van der Waals surface area contributed by atoms with Crippen LogP contribution < -0.4 is 9.47 Å². The summed E-state index contributed by atoms with van der Waals surface area (Å²) in [5.41, 5.74) is 2.92. The summed E-state index contributed by atoms with van der Waals surface area (Å²) in [6.07, 6.45) is 1.76. The van der Waals surface area contributed by atoms with E-state index >= 15 is 0 Å². The van der Waals surface area contributed by atoms with Crippen molar-refractivity contribution in [3.05, 3.63) is 94.3 Å². The van der Waals surface area contributed by atoms with Gasteiger partial charge in [0, 0.05) is 0 Å². The minimum absolute atomic E-state index is 0.282. The average Bonchev–Trinajstić information content (AvgIpc) is 2.72. The maximum Gasteiger partial charge on any atom is 0.138 e. The highest BCUT2D eigenvalue weighted by molar-refractivity contribution is 6.32. The fourth-order valence-corrected chi connectivity index (χ4v) is 2.83. The monoisotopic (exact) mass is 393 g/mol. The lowest BCUT2D eigenvalue weighted by Crippen LogP contribution is -1.96. The summed E-state index contributed by atoms with van der Waals surface area (Å²) >= 11 is 6.32. The SMILES string of the molecule is COc1ccc(/C(C#N)=C/c2ccc(OCc3ccc(F)cc3)c(Cl)c2)cc1. The van der Waals surface area contributed by atoms with E-state index in [1.54, 1.807) is 49.6 Å². The van der Waals surface area contributed by atoms with Crippen LogP contribution in [0.2, 0.25) is 5.02 Å². The smallest absolute Gasteiger partial charge is 0.138 e. The highest BCUT2D eigenvalue weighted by Gasteiger charge is 2.06. The Morgan fingerprint density at radius 1 is 1.07 bits per heavy atom. The maximum absolute atomic E-state index is 13.0. The summed E-state index contributed by atoms with van der Waals surface area (Å²) < 4.78 is 23.8. The van der Waals surface area contributed by atoms with Crippen molar-refractivity contribution in [2.24, 2.45) is 0 Å². The summed E-state index contributed by atoms with van der Waals surface area (Å²) in [5, 5.41) is 9.92. The lowest BCUT2D eigenvalue weighted by Gasteiger charge is -2.09. The van der Waals surface area contributed by atoms with Gasteiger partial charge in [-0.2, -0.15) is 5.26 Å². The van der Waals surface area contributed by atoms with Crippen LogP contribution in [-0.2, 0) is 6.61 Å². The molecule has 0 unspecified atom stereocenters. The summed E-state index contributed by atoms with van der Waals surface area (Å²) in [7, 11) is 1.59. The van der Waals surface area contributed by atoms with Gasteiger partial charge in [0.25, 0.3) is 0 Å². The second-order valence-electron chi connectivity index (χ2n) is 6.00. The molecule has 0 aliphatic heterocycles. The maximum atomic E-state index is 13.0. The molecule has 0 saturated heterocycles. The molecule has 0 bridgehead atoms. The zero-order valence-corrected chi connectivity index (χ0v) is 15.9. The van der Waals surface area contributed by atoms with E-state index in [-0.39, 0.29) is 12.4 Å². The molecule has 0 heterocycles. The van der Waals surface area contributed by atoms with Crippen molar-refractivity contribution in [2.45, 2.75) is 6.61 Å². The first-order valence-corrected chi connectivity index (χ1v) is 8.90. The van der Waals surface area contributed by atoms with Gasteiger partial charge >= 0.3 is 0 Å². The molecule has 0 spiro atoms. The number of allylic oxidation sites excluding steroid dienone is 1. The van der Waals surface area contributed by atoms with Crippen LogP contribution in [0.5, 0.6) is 11.5 Å². The zero-order chi connectivity index (χ0) is 19.9. The molecule has 5 heteroatoms. The Hall–Kier alpha value is -3.29. The van der Waals surface area contributed by atoms with E-state index in [1.165, 1.54) is 12.1 Å². The van der Waals surface area contributed by atoms with Gasteiger partial charge in [-0.1, -0.05) is 29.8 Å². The van der Waals surface area contributed by atoms with E-state index in [1.807, 2.05) is 18.2 Å². The molecule has 3 nitrogen and oxygen atoms in total. The molecule has 140 valence electrons. The van der Waals surface area contributed by atoms with Gasteiger partial charge in [-0.25, -0.2) is 4.39 Å². The van der Waals surface area contributed by atoms with E-state index in [2.05, 4.69) is 6.07 Å². The van der Waals surface area contributed by atoms with Crippen molar-refractivity contribution in [2.75, 3.05) is 7.11 Å². The topological polar surface area (TPSA) is 42.2 Å². The Balaban J connectivity index is 1.75. The Kier molecular flexibility index (Phi) is 6.31. The van der Waals surface area contributed by atoms with Gasteiger partial charge in [0.2, 0.25) is 0 Å². The molecule has 0 atom stereocenters. The Morgan fingerprint density at radius 3 is 2.39 bits per heavy atom. The lowest BCUT2D eigenvalue weighted by molar-refractivity contribution is 0.306. The van der Waals surface area contributed by atoms with E-state index in [0.717, 1.165) is 22.4 Å². The Bertz CT molecular complexity index is 1020. The average molecular weight is 394 g/mol. The van der Waals surface area contributed by atoms with E-state index < -0.39 is 0 Å². The summed E-state index contributed by atoms with van der Waals surface area (Å²) in [4.78, 5) is 0. The number of benzene rings is 3. The number of halogens is 2. The summed E-state index contributed by atoms with van der Waals surface area (Å²) in [6.45, 7) is 0.282. The van der Waals surface area contributed by atoms with Gasteiger partial charge < -0.3 is 9.47 Å². The van der Waals surface area contributed by atoms with Gasteiger partial charge in [-0.3, -0.25) is 0 Å². The van der Waals surface area contributed by atoms with Gasteiger partial charge in [0.15, 0.2) is 0 Å². The first-order chi connectivity index (χ1) is 13.6. The predicted molar refractivity (Wildman–Crippen MR) is 109 cm³/mol. The number of rotatable bonds is 6. The molecular weight excluding hydrogens is 377 g/mol. The zero-order valence-electron chi connectivity index (χ0n) is 15.2. The molecule has 0 fully saturated rings. The largest absolute Gasteiger partial charge is 0.497 e. The van der Waals surface area contributed by atoms with Crippen LogP contribution in [0, 0.1) is 17.1 Å². The second-order valence-corrected chi connectivity index (χ2v) is 6.41. The fourth-order valence-electron chi connectivity index (χ4n) is 2.58. The Labute approximate surface area is 168 Å². The minimum Gasteiger partial charge on any atom is -0.497 e. The summed E-state index contributed by atoms with van der Waals surface area (Å²) in [6, 6.07) is 20.9. The molecule has 0 saturated carbocycles. The third-order valence-corrected chi connectivity index (χ3v) is 4.39. The van der Waals surface area contributed by atoms with Crippen LogP contribution >= 0.6 is 11.6 Å². The van der Waals surface area contributed by atoms with Crippen molar-refractivity contribution in [1.82, 2.24) is 0 Å². The highest BCUT2D eigenvalue weighted by atomic mass is 35.5. The van der Waals surface area contributed by atoms with Crippen LogP contribution in [0.15, 0.2) is 66.7 Å². The predicted octanol–water partition coefficient (Wildman–Crippen LogP) is 6.13. The normalized spacial score (nSPS) is 11.0. The second kappa shape index (κ2) is 9.07. The molecule has 3 rings (SSSR count). The fraction of sp³-hybridized carbons (Fsp3) is 0.0870. The number of hydrogen-bond acceptors (Lipinski definition) is 3. The van der Waals surface area contributed by atoms with Crippen molar-refractivity contribution in [3.8, 4) is 17.6 Å². The number of nitriles is 1. The van der Waals surface area contributed by atoms with E-state index in [4.69, 9.17) is 21.1 Å². The van der Waals surface area contributed by atoms with Crippen LogP contribution in [0.4, 0.5) is 4.39 Å². The first-order valence-electron chi connectivity index (χ1n) is 8.52. The van der Waals surface area contributed by atoms with Crippen molar-refractivity contribution < 1.29 is 13.9 Å². The van der Waals surface area contributed by atoms with Gasteiger partial charge in [-0.15, -0.1) is 0 Å². The molecule has 0 aliphatic rings. The standard InChI is InChI=1S/C23H17ClFNO2/c1-27-21-9-5-18(6-10-21)19(14-26)12-17-4-11-23(22(24)13-17)28-15-16-2-7-20(25)8-3-16/h2-13H,15H2,1H3/b19-12+. The molecule has 3 aromatic carbocycles. The Morgan fingerprint density at radius 2 is 1.79 bits per heavy atom. The number of ether oxygens (including phenoxy) is 2. The molecule has 28 heavy (non-hydrogen) atoms. The molecule has 3 aromatic rings. The number of hydrogen-bond donors (Lipinski definition) is 0. The highest BCUT2D eigenvalue weighted by Crippen LogP contribution is 2.28. The third-order valence-electron chi connectivity index (χ3n) is 4.10. The number of methoxy groups -OCH3 is 1. The van der Waals surface area contributed by atoms with Gasteiger partial charge in [-0.05, 0) is 71.3 Å². The molecule has 0 amide bonds. The quantitative estimate of drug-likeness (QED) is 0.373. The minimum atomic E-state index is -0.289. The van der Waals surface area contributed by atoms with E-state index in [9.17, 15) is 9.65 Å². The molecule has 0 radical (unpaired) electrons. The number of nitrogens with zero attached hydrogens (tertiary/aromatic N) is 1. The van der Waals surface area contributed by atoms with Crippen LogP contribution in [-0.4, -0.2) is 7.11 Å². The molecule has 0 aromatic heterocycles. The van der Waals surface area contributed by atoms with Crippen molar-refractivity contribution in [1.29, 1.82) is 5.26 Å². The van der Waals surface area contributed by atoms with Gasteiger partial charge in [0.1, 0.15) is 23.9 Å². The molecular formula is C23H17ClFNO2.